The summed E-state index contributed by atoms with van der Waals surface area (Å²) >= 11 is 1.03. The van der Waals surface area contributed by atoms with Crippen LogP contribution in [0.1, 0.15) is 12.5 Å². The maximum atomic E-state index is 13.5. The number of hydrogen-bond donors (Lipinski definition) is 1. The lowest BCUT2D eigenvalue weighted by Crippen LogP contribution is -2.35. The molecule has 0 aromatic heterocycles. The van der Waals surface area contributed by atoms with E-state index >= 15 is 0 Å². The Morgan fingerprint density at radius 2 is 1.85 bits per heavy atom. The van der Waals surface area contributed by atoms with E-state index in [1.807, 2.05) is 18.2 Å². The number of halogens is 1. The normalized spacial score (nSPS) is 11.5. The zero-order chi connectivity index (χ0) is 18.9. The molecule has 7 heteroatoms. The van der Waals surface area contributed by atoms with E-state index in [-0.39, 0.29) is 12.3 Å². The Balaban J connectivity index is 1.79. The molecule has 2 aromatic rings. The molecule has 0 spiro atoms. The summed E-state index contributed by atoms with van der Waals surface area (Å²) in [6.07, 6.45) is -0.946. The van der Waals surface area contributed by atoms with Gasteiger partial charge >= 0.3 is 5.97 Å². The fraction of sp³-hybridized carbons (Fsp3) is 0.263. The van der Waals surface area contributed by atoms with Crippen molar-refractivity contribution in [2.45, 2.75) is 24.5 Å². The van der Waals surface area contributed by atoms with E-state index in [1.54, 1.807) is 31.4 Å². The molecule has 0 bridgehead atoms. The van der Waals surface area contributed by atoms with Gasteiger partial charge in [0.05, 0.1) is 12.9 Å². The van der Waals surface area contributed by atoms with Crippen LogP contribution in [0.3, 0.4) is 0 Å². The third kappa shape index (κ3) is 5.77. The molecule has 0 aliphatic rings. The predicted molar refractivity (Wildman–Crippen MR) is 97.5 cm³/mol. The molecular formula is C19H20FNO4S. The Morgan fingerprint density at radius 3 is 2.58 bits per heavy atom. The van der Waals surface area contributed by atoms with Gasteiger partial charge in [-0.1, -0.05) is 30.3 Å². The molecule has 1 atom stereocenters. The monoisotopic (exact) mass is 377 g/mol. The molecule has 2 aromatic carbocycles. The number of esters is 1. The summed E-state index contributed by atoms with van der Waals surface area (Å²) in [5.41, 5.74) is 0.817. The van der Waals surface area contributed by atoms with Crippen LogP contribution in [-0.2, 0) is 20.9 Å². The zero-order valence-electron chi connectivity index (χ0n) is 14.5. The summed E-state index contributed by atoms with van der Waals surface area (Å²) in [4.78, 5) is 24.3. The number of methoxy groups -OCH3 is 1. The van der Waals surface area contributed by atoms with Gasteiger partial charge in [-0.2, -0.15) is 0 Å². The van der Waals surface area contributed by atoms with Crippen LogP contribution in [0.5, 0.6) is 5.75 Å². The van der Waals surface area contributed by atoms with Crippen LogP contribution in [0.4, 0.5) is 4.39 Å². The van der Waals surface area contributed by atoms with Crippen LogP contribution in [0.15, 0.2) is 53.4 Å². The number of carbonyl (C=O) groups excluding carboxylic acids is 2. The van der Waals surface area contributed by atoms with Gasteiger partial charge in [-0.15, -0.1) is 11.8 Å². The lowest BCUT2D eigenvalue weighted by atomic mass is 10.2. The second-order valence-corrected chi connectivity index (χ2v) is 6.40. The van der Waals surface area contributed by atoms with Crippen LogP contribution in [-0.4, -0.2) is 30.8 Å². The van der Waals surface area contributed by atoms with Crippen LogP contribution in [0, 0.1) is 5.82 Å². The summed E-state index contributed by atoms with van der Waals surface area (Å²) in [6.45, 7) is 1.75. The fourth-order valence-electron chi connectivity index (χ4n) is 2.16. The second kappa shape index (κ2) is 9.82. The van der Waals surface area contributed by atoms with E-state index in [9.17, 15) is 14.0 Å². The number of rotatable bonds is 8. The number of para-hydroxylation sites is 1. The first-order valence-corrected chi connectivity index (χ1v) is 8.96. The standard InChI is InChI=1S/C19H20FNO4S/c1-13(19(23)21-11-14-7-3-5-9-16(14)24-2)25-18(22)12-26-17-10-6-4-8-15(17)20/h3-10,13H,11-12H2,1-2H3,(H,21,23)/t13-/m0/s1. The van der Waals surface area contributed by atoms with Gasteiger partial charge in [0, 0.05) is 17.0 Å². The average Bonchev–Trinajstić information content (AvgIpc) is 2.65. The number of hydrogen-bond acceptors (Lipinski definition) is 5. The van der Waals surface area contributed by atoms with Crippen LogP contribution in [0.25, 0.3) is 0 Å². The Morgan fingerprint density at radius 1 is 1.15 bits per heavy atom. The molecule has 0 saturated carbocycles. The molecule has 0 saturated heterocycles. The van der Waals surface area contributed by atoms with Crippen molar-refractivity contribution < 1.29 is 23.5 Å². The number of benzene rings is 2. The van der Waals surface area contributed by atoms with Crippen LogP contribution >= 0.6 is 11.8 Å². The molecule has 1 amide bonds. The van der Waals surface area contributed by atoms with Gasteiger partial charge in [-0.3, -0.25) is 9.59 Å². The molecule has 0 radical (unpaired) electrons. The van der Waals surface area contributed by atoms with Crippen molar-refractivity contribution in [2.75, 3.05) is 12.9 Å². The summed E-state index contributed by atoms with van der Waals surface area (Å²) in [5.74, 6) is -0.810. The van der Waals surface area contributed by atoms with Gasteiger partial charge in [0.25, 0.3) is 5.91 Å². The van der Waals surface area contributed by atoms with Gasteiger partial charge < -0.3 is 14.8 Å². The minimum absolute atomic E-state index is 0.0783. The largest absolute Gasteiger partial charge is 0.496 e. The molecule has 138 valence electrons. The van der Waals surface area contributed by atoms with E-state index in [4.69, 9.17) is 9.47 Å². The Labute approximate surface area is 155 Å². The highest BCUT2D eigenvalue weighted by Crippen LogP contribution is 2.21. The van der Waals surface area contributed by atoms with Gasteiger partial charge in [-0.05, 0) is 25.1 Å². The van der Waals surface area contributed by atoms with Gasteiger partial charge in [0.15, 0.2) is 6.10 Å². The number of ether oxygens (including phenoxy) is 2. The van der Waals surface area contributed by atoms with E-state index < -0.39 is 23.8 Å². The zero-order valence-corrected chi connectivity index (χ0v) is 15.3. The van der Waals surface area contributed by atoms with Crippen molar-refractivity contribution in [3.05, 3.63) is 59.9 Å². The van der Waals surface area contributed by atoms with E-state index in [0.717, 1.165) is 17.3 Å². The van der Waals surface area contributed by atoms with E-state index in [0.29, 0.717) is 10.6 Å². The lowest BCUT2D eigenvalue weighted by Gasteiger charge is -2.14. The van der Waals surface area contributed by atoms with Crippen molar-refractivity contribution in [2.24, 2.45) is 0 Å². The van der Waals surface area contributed by atoms with Crippen LogP contribution in [0.2, 0.25) is 0 Å². The Kier molecular flexibility index (Phi) is 7.47. The minimum Gasteiger partial charge on any atom is -0.496 e. The quantitative estimate of drug-likeness (QED) is 0.565. The molecule has 26 heavy (non-hydrogen) atoms. The third-order valence-electron chi connectivity index (χ3n) is 3.51. The molecule has 0 aliphatic heterocycles. The topological polar surface area (TPSA) is 64.6 Å². The SMILES string of the molecule is COc1ccccc1CNC(=O)[C@H](C)OC(=O)CSc1ccccc1F. The van der Waals surface area contributed by atoms with Gasteiger partial charge in [0.2, 0.25) is 0 Å². The summed E-state index contributed by atoms with van der Waals surface area (Å²) in [5, 5.41) is 2.70. The highest BCUT2D eigenvalue weighted by Gasteiger charge is 2.18. The smallest absolute Gasteiger partial charge is 0.317 e. The highest BCUT2D eigenvalue weighted by molar-refractivity contribution is 8.00. The van der Waals surface area contributed by atoms with Crippen LogP contribution < -0.4 is 10.1 Å². The summed E-state index contributed by atoms with van der Waals surface area (Å²) in [6, 6.07) is 13.5. The molecule has 2 rings (SSSR count). The Hall–Kier alpha value is -2.54. The number of amides is 1. The molecule has 0 heterocycles. The maximum absolute atomic E-state index is 13.5. The first-order valence-electron chi connectivity index (χ1n) is 7.97. The number of nitrogens with one attached hydrogen (secondary N) is 1. The Bertz CT molecular complexity index is 769. The second-order valence-electron chi connectivity index (χ2n) is 5.38. The molecule has 0 fully saturated rings. The summed E-state index contributed by atoms with van der Waals surface area (Å²) < 4.78 is 23.8. The van der Waals surface area contributed by atoms with Crippen molar-refractivity contribution in [1.29, 1.82) is 0 Å². The first-order chi connectivity index (χ1) is 12.5. The maximum Gasteiger partial charge on any atom is 0.317 e. The van der Waals surface area contributed by atoms with Crippen molar-refractivity contribution >= 4 is 23.6 Å². The molecular weight excluding hydrogens is 357 g/mol. The van der Waals surface area contributed by atoms with Crippen molar-refractivity contribution in [3.63, 3.8) is 0 Å². The first kappa shape index (κ1) is 19.8. The highest BCUT2D eigenvalue weighted by atomic mass is 32.2. The van der Waals surface area contributed by atoms with E-state index in [1.165, 1.54) is 13.0 Å². The molecule has 0 aliphatic carbocycles. The average molecular weight is 377 g/mol. The van der Waals surface area contributed by atoms with E-state index in [2.05, 4.69) is 5.32 Å². The molecule has 0 unspecified atom stereocenters. The van der Waals surface area contributed by atoms with Gasteiger partial charge in [0.1, 0.15) is 11.6 Å². The third-order valence-corrected chi connectivity index (χ3v) is 4.53. The van der Waals surface area contributed by atoms with Gasteiger partial charge in [-0.25, -0.2) is 4.39 Å². The molecule has 1 N–H and O–H groups in total. The summed E-state index contributed by atoms with van der Waals surface area (Å²) in [7, 11) is 1.55. The van der Waals surface area contributed by atoms with Crippen molar-refractivity contribution in [1.82, 2.24) is 5.32 Å². The number of carbonyl (C=O) groups is 2. The fourth-order valence-corrected chi connectivity index (χ4v) is 2.88. The predicted octanol–water partition coefficient (Wildman–Crippen LogP) is 3.17. The molecule has 5 nitrogen and oxygen atoms in total. The lowest BCUT2D eigenvalue weighted by molar-refractivity contribution is -0.152. The van der Waals surface area contributed by atoms with Crippen molar-refractivity contribution in [3.8, 4) is 5.75 Å². The minimum atomic E-state index is -0.946. The number of thioether (sulfide) groups is 1.